The van der Waals surface area contributed by atoms with Crippen LogP contribution >= 0.6 is 11.3 Å². The number of carbonyl (C=O) groups excluding carboxylic acids is 3. The Labute approximate surface area is 311 Å². The summed E-state index contributed by atoms with van der Waals surface area (Å²) in [6.07, 6.45) is 14.7. The molecule has 10 nitrogen and oxygen atoms in total. The van der Waals surface area contributed by atoms with Gasteiger partial charge >= 0.3 is 0 Å². The summed E-state index contributed by atoms with van der Waals surface area (Å²) in [5.41, 5.74) is 12.3. The lowest BCUT2D eigenvalue weighted by atomic mass is 10.00. The molecule has 284 valence electrons. The van der Waals surface area contributed by atoms with Crippen molar-refractivity contribution in [3.8, 4) is 11.5 Å². The summed E-state index contributed by atoms with van der Waals surface area (Å²) in [5.74, 6) is 0.722. The number of hydrogen-bond acceptors (Lipinski definition) is 7. The van der Waals surface area contributed by atoms with Gasteiger partial charge in [-0.2, -0.15) is 0 Å². The van der Waals surface area contributed by atoms with Crippen molar-refractivity contribution in [3.63, 3.8) is 0 Å². The van der Waals surface area contributed by atoms with E-state index in [9.17, 15) is 14.0 Å². The Hall–Kier alpha value is -4.29. The molecule has 0 spiro atoms. The summed E-state index contributed by atoms with van der Waals surface area (Å²) < 4.78 is 24.8. The Morgan fingerprint density at radius 1 is 0.981 bits per heavy atom. The van der Waals surface area contributed by atoms with Gasteiger partial charge in [0.05, 0.1) is 13.0 Å². The zero-order valence-electron chi connectivity index (χ0n) is 30.7. The molecule has 1 saturated heterocycles. The van der Waals surface area contributed by atoms with Gasteiger partial charge in [-0.15, -0.1) is 11.3 Å². The van der Waals surface area contributed by atoms with Crippen molar-refractivity contribution >= 4 is 35.4 Å². The summed E-state index contributed by atoms with van der Waals surface area (Å²) >= 11 is 1.44. The van der Waals surface area contributed by atoms with Gasteiger partial charge in [0.15, 0.2) is 0 Å². The van der Waals surface area contributed by atoms with Crippen LogP contribution in [0.25, 0.3) is 0 Å². The third-order valence-electron chi connectivity index (χ3n) is 9.23. The molecule has 1 aliphatic heterocycles. The number of rotatable bonds is 21. The number of nitrogens with one attached hydrogen (secondary N) is 2. The van der Waals surface area contributed by atoms with Crippen LogP contribution in [0.15, 0.2) is 53.9 Å². The molecule has 0 saturated carbocycles. The molecule has 1 aliphatic rings. The van der Waals surface area contributed by atoms with E-state index in [1.165, 1.54) is 68.4 Å². The number of nitrogens with zero attached hydrogens (tertiary/aromatic N) is 1. The van der Waals surface area contributed by atoms with Gasteiger partial charge in [0.2, 0.25) is 18.2 Å². The predicted octanol–water partition coefficient (Wildman–Crippen LogP) is 7.39. The van der Waals surface area contributed by atoms with Crippen molar-refractivity contribution in [2.75, 3.05) is 13.7 Å². The molecule has 6 N–H and O–H groups in total. The number of nitrogen functional groups attached to an aromatic ring is 1. The smallest absolute Gasteiger partial charge is 0.243 e. The lowest BCUT2D eigenvalue weighted by molar-refractivity contribution is -0.139. The molecule has 0 radical (unpaired) electrons. The summed E-state index contributed by atoms with van der Waals surface area (Å²) in [7, 11) is 1.76. The maximum absolute atomic E-state index is 13.7. The normalized spacial score (nSPS) is 15.1. The largest absolute Gasteiger partial charge is 0.457 e. The summed E-state index contributed by atoms with van der Waals surface area (Å²) in [4.78, 5) is 38.2. The Morgan fingerprint density at radius 2 is 1.62 bits per heavy atom. The number of halogens is 1. The van der Waals surface area contributed by atoms with Gasteiger partial charge in [0.25, 0.3) is 0 Å². The molecule has 2 unspecified atom stereocenters. The minimum absolute atomic E-state index is 0.000421. The van der Waals surface area contributed by atoms with E-state index < -0.39 is 6.04 Å². The highest BCUT2D eigenvalue weighted by molar-refractivity contribution is 7.10. The van der Waals surface area contributed by atoms with E-state index in [0.717, 1.165) is 54.7 Å². The number of likely N-dealkylation sites (tertiary alicyclic amines) is 1. The Bertz CT molecular complexity index is 1550. The lowest BCUT2D eigenvalue weighted by Gasteiger charge is -2.28. The third-order valence-corrected chi connectivity index (χ3v) is 10.2. The standard InChI is InChI=1S/C39H53FN4O4S.CH3NO/c1-28-14-20-35(39(46)43-26-34-25-31(27-49-34)38(41)42)44(28)37(45)24-29-15-21-36(48-33-18-16-32(40)17-19-33)30(23-29)13-11-9-7-5-3-4-6-8-10-12-22-47-2;2-1-3/h15-19,21,23,25,27-28,35H,3-14,20,22,24,26H2,1-2H3,(H3,41,42)(H,43,46);1H,(H2,2,3). The maximum atomic E-state index is 13.7. The average molecular weight is 738 g/mol. The monoisotopic (exact) mass is 737 g/mol. The SMILES string of the molecule is COCCCCCCCCCCCCc1cc(CC(=O)N2C(C)CCC2C(=O)NCc2cc(C(=N)N)cs2)ccc1Oc1ccc(F)cc1.NC=O. The van der Waals surface area contributed by atoms with Crippen molar-refractivity contribution in [2.24, 2.45) is 11.5 Å². The van der Waals surface area contributed by atoms with Crippen LogP contribution in [0.2, 0.25) is 0 Å². The Morgan fingerprint density at radius 3 is 2.23 bits per heavy atom. The van der Waals surface area contributed by atoms with Crippen LogP contribution in [0.4, 0.5) is 4.39 Å². The molecule has 12 heteroatoms. The second kappa shape index (κ2) is 23.3. The minimum atomic E-state index is -0.522. The minimum Gasteiger partial charge on any atom is -0.457 e. The quantitative estimate of drug-likeness (QED) is 0.0386. The van der Waals surface area contributed by atoms with Crippen molar-refractivity contribution in [3.05, 3.63) is 81.3 Å². The zero-order valence-corrected chi connectivity index (χ0v) is 31.5. The summed E-state index contributed by atoms with van der Waals surface area (Å²) in [6, 6.07) is 13.1. The van der Waals surface area contributed by atoms with Crippen molar-refractivity contribution < 1.29 is 28.2 Å². The number of carbonyl (C=O) groups is 3. The number of aryl methyl sites for hydroxylation is 1. The van der Waals surface area contributed by atoms with Crippen LogP contribution in [0.3, 0.4) is 0 Å². The van der Waals surface area contributed by atoms with Gasteiger partial charge in [0.1, 0.15) is 29.2 Å². The first-order valence-electron chi connectivity index (χ1n) is 18.4. The van der Waals surface area contributed by atoms with E-state index in [4.69, 9.17) is 25.4 Å². The number of nitrogens with two attached hydrogens (primary N) is 2. The molecular formula is C40H56FN5O5S. The average Bonchev–Trinajstić information content (AvgIpc) is 3.77. The Balaban J connectivity index is 0.00000235. The number of methoxy groups -OCH3 is 1. The molecular weight excluding hydrogens is 682 g/mol. The van der Waals surface area contributed by atoms with Crippen LogP contribution in [0, 0.1) is 11.2 Å². The number of benzene rings is 2. The topological polar surface area (TPSA) is 161 Å². The van der Waals surface area contributed by atoms with Crippen molar-refractivity contribution in [2.45, 2.75) is 115 Å². The third kappa shape index (κ3) is 14.4. The second-order valence-corrected chi connectivity index (χ2v) is 14.3. The number of amides is 3. The van der Waals surface area contributed by atoms with Gasteiger partial charge in [0, 0.05) is 35.6 Å². The van der Waals surface area contributed by atoms with Gasteiger partial charge in [-0.25, -0.2) is 4.39 Å². The molecule has 0 bridgehead atoms. The van der Waals surface area contributed by atoms with Gasteiger partial charge < -0.3 is 31.2 Å². The molecule has 4 rings (SSSR count). The van der Waals surface area contributed by atoms with E-state index in [1.807, 2.05) is 25.1 Å². The van der Waals surface area contributed by atoms with Crippen LogP contribution in [0.1, 0.15) is 106 Å². The molecule has 1 aromatic heterocycles. The highest BCUT2D eigenvalue weighted by Crippen LogP contribution is 2.30. The van der Waals surface area contributed by atoms with E-state index in [-0.39, 0.29) is 42.3 Å². The summed E-state index contributed by atoms with van der Waals surface area (Å²) in [5, 5.41) is 12.4. The van der Waals surface area contributed by atoms with Gasteiger partial charge in [-0.3, -0.25) is 19.8 Å². The first kappa shape index (κ1) is 42.1. The highest BCUT2D eigenvalue weighted by atomic mass is 32.1. The first-order valence-corrected chi connectivity index (χ1v) is 19.2. The number of amidine groups is 1. The number of thiophene rings is 1. The number of primary amides is 1. The molecule has 52 heavy (non-hydrogen) atoms. The molecule has 3 amide bonds. The summed E-state index contributed by atoms with van der Waals surface area (Å²) in [6.45, 7) is 3.19. The Kier molecular flexibility index (Phi) is 18.9. The zero-order chi connectivity index (χ0) is 37.7. The molecule has 3 aromatic rings. The van der Waals surface area contributed by atoms with Crippen molar-refractivity contribution in [1.29, 1.82) is 5.41 Å². The second-order valence-electron chi connectivity index (χ2n) is 13.3. The fourth-order valence-corrected chi connectivity index (χ4v) is 7.30. The predicted molar refractivity (Wildman–Crippen MR) is 205 cm³/mol. The maximum Gasteiger partial charge on any atom is 0.243 e. The number of hydrogen-bond donors (Lipinski definition) is 4. The molecule has 2 aromatic carbocycles. The first-order chi connectivity index (χ1) is 25.2. The molecule has 1 fully saturated rings. The van der Waals surface area contributed by atoms with Crippen LogP contribution in [-0.4, -0.2) is 54.8 Å². The lowest BCUT2D eigenvalue weighted by Crippen LogP contribution is -2.48. The number of unbranched alkanes of at least 4 members (excludes halogenated alkanes) is 9. The number of ether oxygens (including phenoxy) is 2. The van der Waals surface area contributed by atoms with Crippen molar-refractivity contribution in [1.82, 2.24) is 10.2 Å². The van der Waals surface area contributed by atoms with E-state index in [2.05, 4.69) is 17.1 Å². The van der Waals surface area contributed by atoms with Crippen LogP contribution in [-0.2, 0) is 38.5 Å². The van der Waals surface area contributed by atoms with E-state index in [0.29, 0.717) is 30.0 Å². The fourth-order valence-electron chi connectivity index (χ4n) is 6.48. The van der Waals surface area contributed by atoms with E-state index in [1.54, 1.807) is 29.5 Å². The van der Waals surface area contributed by atoms with E-state index >= 15 is 0 Å². The van der Waals surface area contributed by atoms with Gasteiger partial charge in [-0.1, -0.05) is 63.5 Å². The molecule has 0 aliphatic carbocycles. The highest BCUT2D eigenvalue weighted by Gasteiger charge is 2.38. The molecule has 2 atom stereocenters. The van der Waals surface area contributed by atoms with Crippen LogP contribution < -0.4 is 21.5 Å². The molecule has 2 heterocycles. The fraction of sp³-hybridized carbons (Fsp3) is 0.500. The van der Waals surface area contributed by atoms with Crippen LogP contribution in [0.5, 0.6) is 11.5 Å². The van der Waals surface area contributed by atoms with Gasteiger partial charge in [-0.05, 0) is 86.6 Å².